The lowest BCUT2D eigenvalue weighted by molar-refractivity contribution is 0.192. The molecule has 1 aliphatic heterocycles. The molecular weight excluding hydrogens is 288 g/mol. The predicted molar refractivity (Wildman–Crippen MR) is 78.6 cm³/mol. The number of piperidine rings is 1. The second-order valence-corrected chi connectivity index (χ2v) is 5.71. The van der Waals surface area contributed by atoms with Gasteiger partial charge in [0.05, 0.1) is 18.0 Å². The monoisotopic (exact) mass is 302 g/mol. The number of hydrogen-bond donors (Lipinski definition) is 2. The van der Waals surface area contributed by atoms with Crippen molar-refractivity contribution >= 4 is 23.1 Å². The van der Waals surface area contributed by atoms with Crippen molar-refractivity contribution in [3.8, 4) is 16.8 Å². The van der Waals surface area contributed by atoms with Gasteiger partial charge in [-0.25, -0.2) is 9.78 Å². The largest absolute Gasteiger partial charge is 0.324 e. The average molecular weight is 302 g/mol. The molecule has 2 aromatic rings. The van der Waals surface area contributed by atoms with E-state index in [1.165, 1.54) is 11.3 Å². The third kappa shape index (κ3) is 2.87. The van der Waals surface area contributed by atoms with Crippen molar-refractivity contribution in [1.82, 2.24) is 20.1 Å². The summed E-state index contributed by atoms with van der Waals surface area (Å²) in [4.78, 5) is 18.2. The summed E-state index contributed by atoms with van der Waals surface area (Å²) in [5, 5.41) is 21.2. The van der Waals surface area contributed by atoms with Crippen LogP contribution in [-0.2, 0) is 0 Å². The standard InChI is InChI=1S/C13H14N6OS/c14-7-9-1-4-19(5-2-9)13(20)17-10-8-16-18-11(10)12-15-3-6-21-12/h3,6,8-9H,1-2,4-5H2,(H,16,18)(H,17,20). The highest BCUT2D eigenvalue weighted by molar-refractivity contribution is 7.13. The summed E-state index contributed by atoms with van der Waals surface area (Å²) in [5.41, 5.74) is 1.34. The van der Waals surface area contributed by atoms with Gasteiger partial charge in [0.2, 0.25) is 0 Å². The van der Waals surface area contributed by atoms with Gasteiger partial charge in [-0.05, 0) is 12.8 Å². The molecule has 3 rings (SSSR count). The summed E-state index contributed by atoms with van der Waals surface area (Å²) >= 11 is 1.48. The summed E-state index contributed by atoms with van der Waals surface area (Å²) in [6.45, 7) is 1.21. The van der Waals surface area contributed by atoms with Gasteiger partial charge in [-0.1, -0.05) is 0 Å². The van der Waals surface area contributed by atoms with E-state index in [0.29, 0.717) is 24.5 Å². The molecule has 1 fully saturated rings. The smallest absolute Gasteiger partial charge is 0.321 e. The Kier molecular flexibility index (Phi) is 3.83. The number of thiazole rings is 1. The van der Waals surface area contributed by atoms with Gasteiger partial charge in [-0.15, -0.1) is 11.3 Å². The topological polar surface area (TPSA) is 97.7 Å². The number of carbonyl (C=O) groups excluding carboxylic acids is 1. The van der Waals surface area contributed by atoms with Crippen LogP contribution < -0.4 is 5.32 Å². The predicted octanol–water partition coefficient (Wildman–Crippen LogP) is 2.30. The van der Waals surface area contributed by atoms with E-state index in [2.05, 4.69) is 26.6 Å². The Bertz CT molecular complexity index is 651. The minimum atomic E-state index is -0.161. The molecule has 0 unspecified atom stereocenters. The summed E-state index contributed by atoms with van der Waals surface area (Å²) < 4.78 is 0. The molecule has 2 amide bonds. The van der Waals surface area contributed by atoms with Gasteiger partial charge in [-0.3, -0.25) is 5.10 Å². The lowest BCUT2D eigenvalue weighted by atomic mass is 9.99. The number of hydrogen-bond acceptors (Lipinski definition) is 5. The molecule has 21 heavy (non-hydrogen) atoms. The van der Waals surface area contributed by atoms with E-state index < -0.39 is 0 Å². The van der Waals surface area contributed by atoms with Crippen LogP contribution in [0, 0.1) is 17.2 Å². The average Bonchev–Trinajstić information content (AvgIpc) is 3.18. The van der Waals surface area contributed by atoms with E-state index in [1.807, 2.05) is 5.38 Å². The summed E-state index contributed by atoms with van der Waals surface area (Å²) in [6, 6.07) is 2.09. The number of likely N-dealkylation sites (tertiary alicyclic amines) is 1. The molecule has 2 aromatic heterocycles. The van der Waals surface area contributed by atoms with Crippen LogP contribution in [0.15, 0.2) is 17.8 Å². The number of nitriles is 1. The third-order valence-electron chi connectivity index (χ3n) is 3.49. The Morgan fingerprint density at radius 1 is 1.52 bits per heavy atom. The van der Waals surface area contributed by atoms with E-state index in [4.69, 9.17) is 5.26 Å². The van der Waals surface area contributed by atoms with Crippen molar-refractivity contribution < 1.29 is 4.79 Å². The Morgan fingerprint density at radius 3 is 3.00 bits per heavy atom. The fraction of sp³-hybridized carbons (Fsp3) is 0.385. The minimum absolute atomic E-state index is 0.0638. The number of rotatable bonds is 2. The number of aromatic amines is 1. The number of carbonyl (C=O) groups is 1. The van der Waals surface area contributed by atoms with E-state index in [1.54, 1.807) is 17.3 Å². The van der Waals surface area contributed by atoms with Crippen molar-refractivity contribution in [2.75, 3.05) is 18.4 Å². The SMILES string of the molecule is N#CC1CCN(C(=O)Nc2cn[nH]c2-c2nccs2)CC1. The molecule has 3 heterocycles. The van der Waals surface area contributed by atoms with E-state index in [-0.39, 0.29) is 11.9 Å². The van der Waals surface area contributed by atoms with Crippen molar-refractivity contribution in [2.45, 2.75) is 12.8 Å². The fourth-order valence-electron chi connectivity index (χ4n) is 2.30. The molecule has 0 saturated carbocycles. The fourth-order valence-corrected chi connectivity index (χ4v) is 2.94. The number of amides is 2. The highest BCUT2D eigenvalue weighted by Crippen LogP contribution is 2.27. The molecule has 0 spiro atoms. The van der Waals surface area contributed by atoms with Crippen LogP contribution in [-0.4, -0.2) is 39.2 Å². The minimum Gasteiger partial charge on any atom is -0.324 e. The zero-order chi connectivity index (χ0) is 14.7. The van der Waals surface area contributed by atoms with Gasteiger partial charge < -0.3 is 10.2 Å². The number of anilines is 1. The summed E-state index contributed by atoms with van der Waals surface area (Å²) in [7, 11) is 0. The molecule has 0 aromatic carbocycles. The van der Waals surface area contributed by atoms with Crippen LogP contribution in [0.5, 0.6) is 0 Å². The molecular formula is C13H14N6OS. The maximum atomic E-state index is 12.3. The first-order valence-electron chi connectivity index (χ1n) is 6.66. The quantitative estimate of drug-likeness (QED) is 0.889. The normalized spacial score (nSPS) is 15.7. The molecule has 0 radical (unpaired) electrons. The third-order valence-corrected chi connectivity index (χ3v) is 4.28. The number of urea groups is 1. The van der Waals surface area contributed by atoms with Crippen molar-refractivity contribution in [1.29, 1.82) is 5.26 Å². The lowest BCUT2D eigenvalue weighted by Crippen LogP contribution is -2.40. The van der Waals surface area contributed by atoms with Crippen molar-refractivity contribution in [2.24, 2.45) is 5.92 Å². The molecule has 1 aliphatic rings. The number of nitrogens with zero attached hydrogens (tertiary/aromatic N) is 4. The van der Waals surface area contributed by atoms with E-state index >= 15 is 0 Å². The van der Waals surface area contributed by atoms with Crippen LogP contribution in [0.3, 0.4) is 0 Å². The van der Waals surface area contributed by atoms with Gasteiger partial charge in [0.25, 0.3) is 0 Å². The number of aromatic nitrogens is 3. The van der Waals surface area contributed by atoms with Gasteiger partial charge >= 0.3 is 6.03 Å². The van der Waals surface area contributed by atoms with Crippen LogP contribution in [0.2, 0.25) is 0 Å². The van der Waals surface area contributed by atoms with Gasteiger partial charge in [0, 0.05) is 30.6 Å². The van der Waals surface area contributed by atoms with Gasteiger partial charge in [-0.2, -0.15) is 10.4 Å². The van der Waals surface area contributed by atoms with Crippen molar-refractivity contribution in [3.05, 3.63) is 17.8 Å². The Balaban J connectivity index is 1.67. The molecule has 1 saturated heterocycles. The first kappa shape index (κ1) is 13.6. The van der Waals surface area contributed by atoms with Crippen LogP contribution in [0.25, 0.3) is 10.7 Å². The second kappa shape index (κ2) is 5.93. The zero-order valence-corrected chi connectivity index (χ0v) is 12.1. The first-order chi connectivity index (χ1) is 10.3. The molecule has 108 valence electrons. The number of H-pyrrole nitrogens is 1. The zero-order valence-electron chi connectivity index (χ0n) is 11.2. The van der Waals surface area contributed by atoms with Crippen molar-refractivity contribution in [3.63, 3.8) is 0 Å². The molecule has 7 nitrogen and oxygen atoms in total. The highest BCUT2D eigenvalue weighted by Gasteiger charge is 2.23. The maximum absolute atomic E-state index is 12.3. The lowest BCUT2D eigenvalue weighted by Gasteiger charge is -2.29. The van der Waals surface area contributed by atoms with E-state index in [9.17, 15) is 4.79 Å². The molecule has 0 bridgehead atoms. The van der Waals surface area contributed by atoms with Crippen LogP contribution in [0.4, 0.5) is 10.5 Å². The Labute approximate surface area is 125 Å². The number of nitrogens with one attached hydrogen (secondary N) is 2. The summed E-state index contributed by atoms with van der Waals surface area (Å²) in [6.07, 6.45) is 4.75. The first-order valence-corrected chi connectivity index (χ1v) is 7.54. The highest BCUT2D eigenvalue weighted by atomic mass is 32.1. The van der Waals surface area contributed by atoms with Gasteiger partial charge in [0.15, 0.2) is 0 Å². The second-order valence-electron chi connectivity index (χ2n) is 4.82. The molecule has 0 atom stereocenters. The molecule has 0 aliphatic carbocycles. The van der Waals surface area contributed by atoms with Crippen LogP contribution in [0.1, 0.15) is 12.8 Å². The molecule has 8 heteroatoms. The maximum Gasteiger partial charge on any atom is 0.321 e. The molecule has 2 N–H and O–H groups in total. The van der Waals surface area contributed by atoms with E-state index in [0.717, 1.165) is 17.8 Å². The Hall–Kier alpha value is -2.40. The Morgan fingerprint density at radius 2 is 2.33 bits per heavy atom. The summed E-state index contributed by atoms with van der Waals surface area (Å²) in [5.74, 6) is 0.0638. The van der Waals surface area contributed by atoms with Crippen LogP contribution >= 0.6 is 11.3 Å². The van der Waals surface area contributed by atoms with Gasteiger partial charge in [0.1, 0.15) is 10.7 Å².